The van der Waals surface area contributed by atoms with E-state index in [1.165, 1.54) is 23.5 Å². The van der Waals surface area contributed by atoms with Crippen molar-refractivity contribution >= 4 is 23.5 Å². The first-order valence-electron chi connectivity index (χ1n) is 8.11. The van der Waals surface area contributed by atoms with Crippen LogP contribution in [0.2, 0.25) is 0 Å². The largest absolute Gasteiger partial charge is 0.301 e. The number of aromatic amines is 1. The number of aromatic nitrogens is 3. The summed E-state index contributed by atoms with van der Waals surface area (Å²) in [6.07, 6.45) is 5.63. The zero-order valence-corrected chi connectivity index (χ0v) is 15.0. The van der Waals surface area contributed by atoms with Crippen molar-refractivity contribution in [2.75, 3.05) is 0 Å². The number of nitrogens with one attached hydrogen (secondary N) is 1. The minimum Gasteiger partial charge on any atom is -0.301 e. The van der Waals surface area contributed by atoms with Gasteiger partial charge in [-0.1, -0.05) is 23.5 Å². The van der Waals surface area contributed by atoms with Crippen molar-refractivity contribution < 1.29 is 4.39 Å². The lowest BCUT2D eigenvalue weighted by Crippen LogP contribution is -2.15. The Morgan fingerprint density at radius 1 is 1.38 bits per heavy atom. The van der Waals surface area contributed by atoms with Crippen molar-refractivity contribution in [1.82, 2.24) is 15.0 Å². The van der Waals surface area contributed by atoms with Gasteiger partial charge in [-0.15, -0.1) is 0 Å². The molecule has 0 unspecified atom stereocenters. The molecule has 0 bridgehead atoms. The van der Waals surface area contributed by atoms with Gasteiger partial charge < -0.3 is 4.98 Å². The van der Waals surface area contributed by atoms with Crippen molar-refractivity contribution in [1.29, 1.82) is 0 Å². The molecule has 0 aliphatic heterocycles. The molecule has 7 heteroatoms. The molecule has 2 aromatic heterocycles. The summed E-state index contributed by atoms with van der Waals surface area (Å²) in [4.78, 5) is 23.9. The number of thioether (sulfide) groups is 2. The maximum atomic E-state index is 14.1. The van der Waals surface area contributed by atoms with Gasteiger partial charge in [0.1, 0.15) is 5.03 Å². The highest BCUT2D eigenvalue weighted by Gasteiger charge is 2.45. The quantitative estimate of drug-likeness (QED) is 0.647. The van der Waals surface area contributed by atoms with Crippen molar-refractivity contribution in [3.8, 4) is 0 Å². The van der Waals surface area contributed by atoms with Crippen LogP contribution in [-0.2, 0) is 18.6 Å². The summed E-state index contributed by atoms with van der Waals surface area (Å²) < 4.78 is 14.1. The highest BCUT2D eigenvalue weighted by molar-refractivity contribution is 8.01. The molecule has 24 heavy (non-hydrogen) atoms. The van der Waals surface area contributed by atoms with Gasteiger partial charge in [0.25, 0.3) is 5.56 Å². The van der Waals surface area contributed by atoms with Gasteiger partial charge in [-0.3, -0.25) is 4.79 Å². The fraction of sp³-hybridized carbons (Fsp3) is 0.471. The number of alkyl halides is 1. The summed E-state index contributed by atoms with van der Waals surface area (Å²) in [5.74, 6) is 0.625. The van der Waals surface area contributed by atoms with Gasteiger partial charge in [-0.05, 0) is 56.2 Å². The minimum absolute atomic E-state index is 0.0156. The van der Waals surface area contributed by atoms with Crippen LogP contribution in [0.5, 0.6) is 0 Å². The van der Waals surface area contributed by atoms with Crippen LogP contribution in [-0.4, -0.2) is 20.0 Å². The second-order valence-corrected chi connectivity index (χ2v) is 8.62. The third-order valence-electron chi connectivity index (χ3n) is 4.45. The van der Waals surface area contributed by atoms with E-state index in [0.29, 0.717) is 23.8 Å². The van der Waals surface area contributed by atoms with Crippen LogP contribution in [0.4, 0.5) is 4.39 Å². The lowest BCUT2D eigenvalue weighted by molar-refractivity contribution is 0.437. The molecule has 1 fully saturated rings. The molecule has 1 N–H and O–H groups in total. The average Bonchev–Trinajstić information content (AvgIpc) is 3.07. The van der Waals surface area contributed by atoms with Crippen molar-refractivity contribution in [3.63, 3.8) is 0 Å². The highest BCUT2D eigenvalue weighted by Crippen LogP contribution is 2.53. The smallest absolute Gasteiger partial charge is 0.254 e. The molecule has 0 spiro atoms. The lowest BCUT2D eigenvalue weighted by Gasteiger charge is -2.12. The summed E-state index contributed by atoms with van der Waals surface area (Å²) in [6.45, 7) is 2.01. The van der Waals surface area contributed by atoms with E-state index in [1.54, 1.807) is 6.20 Å². The highest BCUT2D eigenvalue weighted by atomic mass is 32.2. The van der Waals surface area contributed by atoms with Crippen molar-refractivity contribution in [3.05, 3.63) is 45.0 Å². The molecule has 4 rings (SSSR count). The monoisotopic (exact) mass is 363 g/mol. The number of H-pyrrole nitrogens is 1. The molecule has 0 saturated heterocycles. The summed E-state index contributed by atoms with van der Waals surface area (Å²) in [5, 5.41) is 0.257. The van der Waals surface area contributed by atoms with Gasteiger partial charge in [0.2, 0.25) is 0 Å². The fourth-order valence-corrected chi connectivity index (χ4v) is 5.03. The SMILES string of the molecule is Cc1ccnc(SC2(F)CC2)c1CSc1nc2c(c(=O)[nH]1)CCC2. The first-order chi connectivity index (χ1) is 11.5. The number of fused-ring (bicyclic) bond motifs is 1. The molecule has 126 valence electrons. The lowest BCUT2D eigenvalue weighted by atomic mass is 10.2. The van der Waals surface area contributed by atoms with Crippen LogP contribution < -0.4 is 5.56 Å². The molecule has 2 heterocycles. The van der Waals surface area contributed by atoms with Crippen molar-refractivity contribution in [2.24, 2.45) is 0 Å². The molecule has 2 aliphatic rings. The Morgan fingerprint density at radius 3 is 3.00 bits per heavy atom. The maximum Gasteiger partial charge on any atom is 0.254 e. The molecule has 4 nitrogen and oxygen atoms in total. The third kappa shape index (κ3) is 3.24. The van der Waals surface area contributed by atoms with E-state index >= 15 is 0 Å². The average molecular weight is 363 g/mol. The Hall–Kier alpha value is -1.34. The summed E-state index contributed by atoms with van der Waals surface area (Å²) in [5.41, 5.74) is 3.87. The molecular weight excluding hydrogens is 345 g/mol. The van der Waals surface area contributed by atoms with Crippen LogP contribution in [0.15, 0.2) is 27.2 Å². The first-order valence-corrected chi connectivity index (χ1v) is 9.92. The molecule has 2 aromatic rings. The van der Waals surface area contributed by atoms with Gasteiger partial charge in [-0.25, -0.2) is 14.4 Å². The molecule has 0 amide bonds. The Balaban J connectivity index is 1.56. The van der Waals surface area contributed by atoms with Crippen molar-refractivity contribution in [2.45, 2.75) is 60.0 Å². The number of halogens is 1. The fourth-order valence-electron chi connectivity index (χ4n) is 2.83. The third-order valence-corrected chi connectivity index (χ3v) is 6.67. The van der Waals surface area contributed by atoms with Crippen LogP contribution in [0.25, 0.3) is 0 Å². The standard InChI is InChI=1S/C17H18FN3OS2/c1-10-5-8-19-15(24-17(18)6-7-17)12(10)9-23-16-20-13-4-2-3-11(13)14(22)21-16/h5,8H,2-4,6-7,9H2,1H3,(H,20,21,22). The predicted octanol–water partition coefficient (Wildman–Crippen LogP) is 3.81. The second kappa shape index (κ2) is 6.19. The molecule has 2 aliphatic carbocycles. The second-order valence-electron chi connectivity index (χ2n) is 6.34. The Kier molecular flexibility index (Phi) is 4.16. The van der Waals surface area contributed by atoms with E-state index < -0.39 is 5.00 Å². The molecule has 0 aromatic carbocycles. The van der Waals surface area contributed by atoms with E-state index in [-0.39, 0.29) is 5.56 Å². The van der Waals surface area contributed by atoms with Crippen LogP contribution in [0, 0.1) is 6.92 Å². The molecule has 1 saturated carbocycles. The van der Waals surface area contributed by atoms with Crippen LogP contribution in [0.1, 0.15) is 41.6 Å². The van der Waals surface area contributed by atoms with Gasteiger partial charge in [0.15, 0.2) is 10.2 Å². The topological polar surface area (TPSA) is 58.6 Å². The number of aryl methyl sites for hydroxylation is 2. The Morgan fingerprint density at radius 2 is 2.21 bits per heavy atom. The van der Waals surface area contributed by atoms with E-state index in [9.17, 15) is 9.18 Å². The van der Waals surface area contributed by atoms with Crippen LogP contribution in [0.3, 0.4) is 0 Å². The molecule has 0 atom stereocenters. The van der Waals surface area contributed by atoms with E-state index in [0.717, 1.165) is 46.7 Å². The Labute approximate surface area is 148 Å². The molecule has 0 radical (unpaired) electrons. The first kappa shape index (κ1) is 16.1. The van der Waals surface area contributed by atoms with E-state index in [4.69, 9.17) is 0 Å². The van der Waals surface area contributed by atoms with Gasteiger partial charge in [-0.2, -0.15) is 0 Å². The van der Waals surface area contributed by atoms with Gasteiger partial charge in [0.05, 0.1) is 5.69 Å². The maximum absolute atomic E-state index is 14.1. The summed E-state index contributed by atoms with van der Waals surface area (Å²) in [7, 11) is 0. The van der Waals surface area contributed by atoms with E-state index in [1.807, 2.05) is 13.0 Å². The zero-order valence-electron chi connectivity index (χ0n) is 13.4. The summed E-state index contributed by atoms with van der Waals surface area (Å²) >= 11 is 2.71. The number of hydrogen-bond donors (Lipinski definition) is 1. The number of hydrogen-bond acceptors (Lipinski definition) is 5. The minimum atomic E-state index is -1.14. The Bertz CT molecular complexity index is 848. The van der Waals surface area contributed by atoms with Gasteiger partial charge >= 0.3 is 0 Å². The van der Waals surface area contributed by atoms with Gasteiger partial charge in [0, 0.05) is 17.5 Å². The number of pyridine rings is 1. The van der Waals surface area contributed by atoms with E-state index in [2.05, 4.69) is 15.0 Å². The molecular formula is C17H18FN3OS2. The zero-order chi connectivity index (χ0) is 16.7. The normalized spacial score (nSPS) is 17.8. The van der Waals surface area contributed by atoms with Crippen LogP contribution >= 0.6 is 23.5 Å². The summed E-state index contributed by atoms with van der Waals surface area (Å²) in [6, 6.07) is 1.94. The number of nitrogens with zero attached hydrogens (tertiary/aromatic N) is 2. The predicted molar refractivity (Wildman–Crippen MR) is 94.3 cm³/mol. The number of rotatable bonds is 5.